The van der Waals surface area contributed by atoms with Crippen LogP contribution in [0.4, 0.5) is 4.39 Å². The number of aliphatic carboxylic acids is 1. The lowest BCUT2D eigenvalue weighted by molar-refractivity contribution is -0.136. The summed E-state index contributed by atoms with van der Waals surface area (Å²) in [6.45, 7) is -0.191. The second-order valence-corrected chi connectivity index (χ2v) is 7.12. The molecule has 1 fully saturated rings. The minimum absolute atomic E-state index is 0.0600. The first-order chi connectivity index (χ1) is 10.4. The van der Waals surface area contributed by atoms with Gasteiger partial charge in [0, 0.05) is 19.0 Å². The summed E-state index contributed by atoms with van der Waals surface area (Å²) >= 11 is 0. The summed E-state index contributed by atoms with van der Waals surface area (Å²) in [5, 5.41) is 8.97. The Kier molecular flexibility index (Phi) is 5.02. The molecule has 1 aromatic rings. The van der Waals surface area contributed by atoms with Crippen molar-refractivity contribution in [3.8, 4) is 5.75 Å². The maximum absolute atomic E-state index is 12.7. The van der Waals surface area contributed by atoms with Crippen molar-refractivity contribution in [3.63, 3.8) is 0 Å². The van der Waals surface area contributed by atoms with Gasteiger partial charge in [-0.2, -0.15) is 4.31 Å². The summed E-state index contributed by atoms with van der Waals surface area (Å²) in [5.74, 6) is -1.04. The van der Waals surface area contributed by atoms with Crippen molar-refractivity contribution in [2.45, 2.75) is 17.7 Å². The molecule has 1 saturated heterocycles. The van der Waals surface area contributed by atoms with E-state index in [2.05, 4.69) is 0 Å². The van der Waals surface area contributed by atoms with Crippen LogP contribution in [-0.4, -0.2) is 50.7 Å². The van der Waals surface area contributed by atoms with Crippen molar-refractivity contribution in [1.82, 2.24) is 4.31 Å². The van der Waals surface area contributed by atoms with Gasteiger partial charge in [-0.1, -0.05) is 0 Å². The van der Waals surface area contributed by atoms with E-state index >= 15 is 0 Å². The fourth-order valence-electron chi connectivity index (χ4n) is 2.52. The molecule has 22 heavy (non-hydrogen) atoms. The molecule has 1 heterocycles. The smallest absolute Gasteiger partial charge is 0.307 e. The van der Waals surface area contributed by atoms with Gasteiger partial charge in [0.25, 0.3) is 0 Å². The number of halogens is 1. The first-order valence-electron chi connectivity index (χ1n) is 6.83. The Hall–Kier alpha value is -1.67. The van der Waals surface area contributed by atoms with Gasteiger partial charge in [0.2, 0.25) is 10.0 Å². The molecule has 122 valence electrons. The average Bonchev–Trinajstić information content (AvgIpc) is 2.96. The predicted octanol–water partition coefficient (Wildman–Crippen LogP) is 1.30. The lowest BCUT2D eigenvalue weighted by atomic mass is 10.1. The topological polar surface area (TPSA) is 83.9 Å². The standard InChI is InChI=1S/C14H18FNO5S/c1-21-12-2-3-13(11(6-12)7-14(17)18)22(19,20)16-5-4-10(8-15)9-16/h2-3,6,10H,4-5,7-9H2,1H3,(H,17,18). The van der Waals surface area contributed by atoms with E-state index in [4.69, 9.17) is 9.84 Å². The minimum Gasteiger partial charge on any atom is -0.497 e. The Morgan fingerprint density at radius 1 is 1.50 bits per heavy atom. The summed E-state index contributed by atoms with van der Waals surface area (Å²) in [6, 6.07) is 4.22. The molecule has 0 amide bonds. The van der Waals surface area contributed by atoms with Crippen molar-refractivity contribution in [1.29, 1.82) is 0 Å². The van der Waals surface area contributed by atoms with Crippen molar-refractivity contribution in [2.24, 2.45) is 5.92 Å². The maximum Gasteiger partial charge on any atom is 0.307 e. The SMILES string of the molecule is COc1ccc(S(=O)(=O)N2CCC(CF)C2)c(CC(=O)O)c1. The quantitative estimate of drug-likeness (QED) is 0.849. The van der Waals surface area contributed by atoms with Crippen LogP contribution in [0.3, 0.4) is 0 Å². The van der Waals surface area contributed by atoms with E-state index in [0.29, 0.717) is 12.2 Å². The summed E-state index contributed by atoms with van der Waals surface area (Å²) in [4.78, 5) is 10.9. The van der Waals surface area contributed by atoms with Crippen molar-refractivity contribution in [3.05, 3.63) is 23.8 Å². The van der Waals surface area contributed by atoms with E-state index in [1.165, 1.54) is 29.6 Å². The first-order valence-corrected chi connectivity index (χ1v) is 8.27. The highest BCUT2D eigenvalue weighted by atomic mass is 32.2. The number of hydrogen-bond donors (Lipinski definition) is 1. The van der Waals surface area contributed by atoms with E-state index < -0.39 is 29.1 Å². The highest BCUT2D eigenvalue weighted by molar-refractivity contribution is 7.89. The Bertz CT molecular complexity index is 661. The average molecular weight is 331 g/mol. The van der Waals surface area contributed by atoms with E-state index in [1.54, 1.807) is 0 Å². The fraction of sp³-hybridized carbons (Fsp3) is 0.500. The zero-order valence-corrected chi connectivity index (χ0v) is 13.0. The van der Waals surface area contributed by atoms with Crippen molar-refractivity contribution < 1.29 is 27.4 Å². The third kappa shape index (κ3) is 3.38. The van der Waals surface area contributed by atoms with Crippen LogP contribution in [0.25, 0.3) is 0 Å². The van der Waals surface area contributed by atoms with Crippen LogP contribution in [0.1, 0.15) is 12.0 Å². The van der Waals surface area contributed by atoms with E-state index in [0.717, 1.165) is 0 Å². The van der Waals surface area contributed by atoms with Crippen LogP contribution in [-0.2, 0) is 21.2 Å². The van der Waals surface area contributed by atoms with Gasteiger partial charge in [-0.25, -0.2) is 8.42 Å². The number of nitrogens with zero attached hydrogens (tertiary/aromatic N) is 1. The monoisotopic (exact) mass is 331 g/mol. The molecule has 1 aliphatic heterocycles. The van der Waals surface area contributed by atoms with Gasteiger partial charge in [-0.3, -0.25) is 9.18 Å². The van der Waals surface area contributed by atoms with Crippen LogP contribution in [0, 0.1) is 5.92 Å². The molecule has 0 aromatic heterocycles. The predicted molar refractivity (Wildman–Crippen MR) is 77.2 cm³/mol. The molecule has 1 aromatic carbocycles. The number of alkyl halides is 1. The molecule has 0 bridgehead atoms. The summed E-state index contributed by atoms with van der Waals surface area (Å²) in [5.41, 5.74) is 0.163. The van der Waals surface area contributed by atoms with Gasteiger partial charge in [0.05, 0.1) is 25.1 Å². The van der Waals surface area contributed by atoms with E-state index in [-0.39, 0.29) is 29.5 Å². The van der Waals surface area contributed by atoms with Gasteiger partial charge >= 0.3 is 5.97 Å². The molecule has 1 aliphatic rings. The van der Waals surface area contributed by atoms with Crippen LogP contribution in [0.15, 0.2) is 23.1 Å². The summed E-state index contributed by atoms with van der Waals surface area (Å²) < 4.78 is 44.3. The van der Waals surface area contributed by atoms with Gasteiger partial charge in [-0.05, 0) is 30.2 Å². The number of hydrogen-bond acceptors (Lipinski definition) is 4. The Morgan fingerprint density at radius 2 is 2.23 bits per heavy atom. The van der Waals surface area contributed by atoms with Crippen LogP contribution >= 0.6 is 0 Å². The molecule has 1 unspecified atom stereocenters. The molecule has 8 heteroatoms. The Balaban J connectivity index is 2.39. The Labute approximate surface area is 128 Å². The number of benzene rings is 1. The number of carboxylic acids is 1. The van der Waals surface area contributed by atoms with Gasteiger partial charge in [-0.15, -0.1) is 0 Å². The number of sulfonamides is 1. The zero-order valence-electron chi connectivity index (χ0n) is 12.2. The molecule has 0 spiro atoms. The van der Waals surface area contributed by atoms with E-state index in [9.17, 15) is 17.6 Å². The van der Waals surface area contributed by atoms with Gasteiger partial charge in [0.1, 0.15) is 5.75 Å². The number of carboxylic acid groups (broad SMARTS) is 1. The van der Waals surface area contributed by atoms with Crippen LogP contribution in [0.2, 0.25) is 0 Å². The number of methoxy groups -OCH3 is 1. The number of rotatable bonds is 6. The lowest BCUT2D eigenvalue weighted by Gasteiger charge is -2.18. The highest BCUT2D eigenvalue weighted by Crippen LogP contribution is 2.29. The molecule has 1 atom stereocenters. The second kappa shape index (κ2) is 6.62. The lowest BCUT2D eigenvalue weighted by Crippen LogP contribution is -2.30. The summed E-state index contributed by atoms with van der Waals surface area (Å²) in [6.07, 6.45) is 0.0479. The molecule has 2 rings (SSSR count). The molecule has 1 N–H and O–H groups in total. The Morgan fingerprint density at radius 3 is 2.77 bits per heavy atom. The van der Waals surface area contributed by atoms with Crippen LogP contribution in [0.5, 0.6) is 5.75 Å². The molecule has 6 nitrogen and oxygen atoms in total. The van der Waals surface area contributed by atoms with Crippen LogP contribution < -0.4 is 4.74 Å². The maximum atomic E-state index is 12.7. The molecular formula is C14H18FNO5S. The highest BCUT2D eigenvalue weighted by Gasteiger charge is 2.34. The number of carbonyl (C=O) groups is 1. The van der Waals surface area contributed by atoms with E-state index in [1.807, 2.05) is 0 Å². The molecule has 0 radical (unpaired) electrons. The second-order valence-electron chi connectivity index (χ2n) is 5.22. The normalized spacial score (nSPS) is 19.3. The minimum atomic E-state index is -3.84. The van der Waals surface area contributed by atoms with Crippen molar-refractivity contribution >= 4 is 16.0 Å². The first kappa shape index (κ1) is 16.7. The number of ether oxygens (including phenoxy) is 1. The fourth-order valence-corrected chi connectivity index (χ4v) is 4.25. The third-order valence-electron chi connectivity index (χ3n) is 3.69. The zero-order chi connectivity index (χ0) is 16.3. The molecule has 0 saturated carbocycles. The van der Waals surface area contributed by atoms with Crippen molar-refractivity contribution in [2.75, 3.05) is 26.9 Å². The van der Waals surface area contributed by atoms with Gasteiger partial charge < -0.3 is 9.84 Å². The van der Waals surface area contributed by atoms with Gasteiger partial charge in [0.15, 0.2) is 0 Å². The largest absolute Gasteiger partial charge is 0.497 e. The molecular weight excluding hydrogens is 313 g/mol. The summed E-state index contributed by atoms with van der Waals surface area (Å²) in [7, 11) is -2.42. The third-order valence-corrected chi connectivity index (χ3v) is 5.66. The molecule has 0 aliphatic carbocycles.